The first-order chi connectivity index (χ1) is 2.41. The first-order valence-corrected chi connectivity index (χ1v) is 1.63. The Morgan fingerprint density at radius 2 is 1.33 bits per heavy atom. The maximum atomic E-state index is 7.91. The molecule has 33 valence electrons. The third kappa shape index (κ3) is 8.82. The Kier molecular flexibility index (Phi) is 14.7. The van der Waals surface area contributed by atoms with Gasteiger partial charge in [0.15, 0.2) is 0 Å². The first-order valence-electron chi connectivity index (χ1n) is 1.63. The van der Waals surface area contributed by atoms with E-state index in [1.54, 1.807) is 0 Å². The Bertz CT molecular complexity index is 16.3. The third-order valence-electron chi connectivity index (χ3n) is 0.316. The van der Waals surface area contributed by atoms with Gasteiger partial charge in [-0.2, -0.15) is 0 Å². The van der Waals surface area contributed by atoms with Gasteiger partial charge >= 0.3 is 0 Å². The van der Waals surface area contributed by atoms with Crippen LogP contribution in [0, 0.1) is 0 Å². The summed E-state index contributed by atoms with van der Waals surface area (Å²) in [5.41, 5.74) is 0. The number of hydrogen-bond acceptors (Lipinski definition) is 2. The van der Waals surface area contributed by atoms with Gasteiger partial charge in [0, 0.05) is 32.1 Å². The van der Waals surface area contributed by atoms with E-state index in [-0.39, 0.29) is 32.1 Å². The smallest absolute Gasteiger partial charge is 0.0452 e. The van der Waals surface area contributed by atoms with E-state index in [2.05, 4.69) is 0 Å². The molecule has 0 aromatic heterocycles. The Morgan fingerprint density at radius 3 is 1.33 bits per heavy atom. The second-order valence-electron chi connectivity index (χ2n) is 0.801. The van der Waals surface area contributed by atoms with Gasteiger partial charge < -0.3 is 10.2 Å². The van der Waals surface area contributed by atoms with Crippen LogP contribution in [0.1, 0.15) is 6.42 Å². The van der Waals surface area contributed by atoms with Crippen molar-refractivity contribution in [3.8, 4) is 0 Å². The van der Waals surface area contributed by atoms with Crippen LogP contribution in [-0.4, -0.2) is 42.3 Å². The minimum atomic E-state index is 0. The van der Waals surface area contributed by atoms with E-state index in [0.717, 1.165) is 0 Å². The summed E-state index contributed by atoms with van der Waals surface area (Å²) in [7, 11) is 0. The van der Waals surface area contributed by atoms with Crippen molar-refractivity contribution in [1.29, 1.82) is 0 Å². The summed E-state index contributed by atoms with van der Waals surface area (Å²) in [5.74, 6) is 0. The molecule has 2 N–H and O–H groups in total. The second kappa shape index (κ2) is 9.10. The molecule has 0 aliphatic carbocycles. The molecule has 0 aromatic carbocycles. The minimum absolute atomic E-state index is 0. The quantitative estimate of drug-likeness (QED) is 0.419. The van der Waals surface area contributed by atoms with Crippen molar-refractivity contribution in [1.82, 2.24) is 0 Å². The van der Waals surface area contributed by atoms with Crippen molar-refractivity contribution >= 4 is 18.9 Å². The van der Waals surface area contributed by atoms with Crippen LogP contribution >= 0.6 is 0 Å². The summed E-state index contributed by atoms with van der Waals surface area (Å²) in [6.45, 7) is 0.188. The molecule has 0 rings (SSSR count). The minimum Gasteiger partial charge on any atom is -0.396 e. The van der Waals surface area contributed by atoms with Crippen LogP contribution in [-0.2, 0) is 0 Å². The van der Waals surface area contributed by atoms with Crippen molar-refractivity contribution in [2.24, 2.45) is 0 Å². The zero-order valence-electron chi connectivity index (χ0n) is 4.02. The predicted octanol–water partition coefficient (Wildman–Crippen LogP) is -1.02. The molecule has 0 heterocycles. The van der Waals surface area contributed by atoms with E-state index in [4.69, 9.17) is 10.2 Å². The predicted molar refractivity (Wildman–Crippen MR) is 24.5 cm³/mol. The number of rotatable bonds is 2. The maximum Gasteiger partial charge on any atom is 0.0452 e. The maximum absolute atomic E-state index is 7.91. The summed E-state index contributed by atoms with van der Waals surface area (Å²) in [6.07, 6.45) is 0.500. The first kappa shape index (κ1) is 9.72. The molecular formula is C3H8LiO2. The largest absolute Gasteiger partial charge is 0.396 e. The Balaban J connectivity index is 0. The van der Waals surface area contributed by atoms with Crippen LogP contribution in [0.25, 0.3) is 0 Å². The third-order valence-corrected chi connectivity index (χ3v) is 0.316. The molecular weight excluding hydrogens is 75.0 g/mol. The molecule has 0 bridgehead atoms. The van der Waals surface area contributed by atoms with Crippen molar-refractivity contribution in [3.63, 3.8) is 0 Å². The monoisotopic (exact) mass is 83.1 g/mol. The molecule has 0 aromatic rings. The van der Waals surface area contributed by atoms with Crippen LogP contribution in [0.2, 0.25) is 0 Å². The molecule has 0 fully saturated rings. The van der Waals surface area contributed by atoms with E-state index < -0.39 is 0 Å². The normalized spacial score (nSPS) is 7.00. The van der Waals surface area contributed by atoms with E-state index in [9.17, 15) is 0 Å². The van der Waals surface area contributed by atoms with Gasteiger partial charge in [0.05, 0.1) is 0 Å². The van der Waals surface area contributed by atoms with E-state index in [0.29, 0.717) is 6.42 Å². The molecule has 3 heteroatoms. The summed E-state index contributed by atoms with van der Waals surface area (Å²) >= 11 is 0. The summed E-state index contributed by atoms with van der Waals surface area (Å²) in [5, 5.41) is 15.8. The molecule has 0 saturated carbocycles. The molecule has 6 heavy (non-hydrogen) atoms. The topological polar surface area (TPSA) is 40.5 Å². The molecule has 0 aliphatic rings. The van der Waals surface area contributed by atoms with E-state index in [1.165, 1.54) is 0 Å². The van der Waals surface area contributed by atoms with E-state index >= 15 is 0 Å². The SMILES string of the molecule is OCCCO.[Li]. The Hall–Kier alpha value is 0.517. The molecule has 0 amide bonds. The molecule has 0 atom stereocenters. The number of aliphatic hydroxyl groups excluding tert-OH is 2. The fourth-order valence-corrected chi connectivity index (χ4v) is 0.0707. The summed E-state index contributed by atoms with van der Waals surface area (Å²) < 4.78 is 0. The standard InChI is InChI=1S/C3H8O2.Li/c4-2-1-3-5;/h4-5H,1-3H2;. The van der Waals surface area contributed by atoms with Crippen LogP contribution in [0.3, 0.4) is 0 Å². The summed E-state index contributed by atoms with van der Waals surface area (Å²) in [6, 6.07) is 0. The van der Waals surface area contributed by atoms with Crippen molar-refractivity contribution in [3.05, 3.63) is 0 Å². The second-order valence-corrected chi connectivity index (χ2v) is 0.801. The Labute approximate surface area is 49.4 Å². The van der Waals surface area contributed by atoms with Gasteiger partial charge in [-0.3, -0.25) is 0 Å². The van der Waals surface area contributed by atoms with Crippen LogP contribution in [0.5, 0.6) is 0 Å². The van der Waals surface area contributed by atoms with Gasteiger partial charge in [-0.1, -0.05) is 0 Å². The van der Waals surface area contributed by atoms with Crippen LogP contribution in [0.4, 0.5) is 0 Å². The van der Waals surface area contributed by atoms with Gasteiger partial charge in [-0.05, 0) is 6.42 Å². The average molecular weight is 83.0 g/mol. The van der Waals surface area contributed by atoms with Crippen LogP contribution in [0.15, 0.2) is 0 Å². The zero-order valence-corrected chi connectivity index (χ0v) is 4.02. The molecule has 0 unspecified atom stereocenters. The van der Waals surface area contributed by atoms with Gasteiger partial charge in [0.25, 0.3) is 0 Å². The molecule has 0 spiro atoms. The number of aliphatic hydroxyl groups is 2. The fraction of sp³-hybridized carbons (Fsp3) is 1.00. The molecule has 0 saturated heterocycles. The van der Waals surface area contributed by atoms with Crippen molar-refractivity contribution in [2.75, 3.05) is 13.2 Å². The van der Waals surface area contributed by atoms with Gasteiger partial charge in [0.1, 0.15) is 0 Å². The van der Waals surface area contributed by atoms with Gasteiger partial charge in [-0.15, -0.1) is 0 Å². The molecule has 0 aliphatic heterocycles. The Morgan fingerprint density at radius 1 is 1.00 bits per heavy atom. The van der Waals surface area contributed by atoms with Crippen LogP contribution < -0.4 is 0 Å². The molecule has 1 radical (unpaired) electrons. The van der Waals surface area contributed by atoms with Crippen molar-refractivity contribution in [2.45, 2.75) is 6.42 Å². The van der Waals surface area contributed by atoms with E-state index in [1.807, 2.05) is 0 Å². The van der Waals surface area contributed by atoms with Gasteiger partial charge in [-0.25, -0.2) is 0 Å². The van der Waals surface area contributed by atoms with Crippen molar-refractivity contribution < 1.29 is 10.2 Å². The molecule has 2 nitrogen and oxygen atoms in total. The summed E-state index contributed by atoms with van der Waals surface area (Å²) in [4.78, 5) is 0. The average Bonchev–Trinajstić information content (AvgIpc) is 1.41. The fourth-order valence-electron chi connectivity index (χ4n) is 0.0707. The number of hydrogen-bond donors (Lipinski definition) is 2. The zero-order chi connectivity index (χ0) is 4.12. The van der Waals surface area contributed by atoms with Gasteiger partial charge in [0.2, 0.25) is 0 Å².